The van der Waals surface area contributed by atoms with Crippen LogP contribution >= 0.6 is 0 Å². The van der Waals surface area contributed by atoms with Crippen LogP contribution in [0.25, 0.3) is 0 Å². The van der Waals surface area contributed by atoms with Gasteiger partial charge in [-0.3, -0.25) is 4.79 Å². The van der Waals surface area contributed by atoms with Crippen molar-refractivity contribution in [3.05, 3.63) is 94.5 Å². The van der Waals surface area contributed by atoms with Gasteiger partial charge in [0.05, 0.1) is 19.8 Å². The number of esters is 1. The summed E-state index contributed by atoms with van der Waals surface area (Å²) >= 11 is 0. The zero-order valence-electron chi connectivity index (χ0n) is 16.6. The Hall–Kier alpha value is -3.60. The number of aryl methyl sites for hydroxylation is 1. The van der Waals surface area contributed by atoms with Gasteiger partial charge < -0.3 is 14.2 Å². The number of benzene rings is 3. The molecule has 0 bridgehead atoms. The van der Waals surface area contributed by atoms with Crippen molar-refractivity contribution in [1.29, 1.82) is 0 Å². The highest BCUT2D eigenvalue weighted by atomic mass is 16.5. The van der Waals surface area contributed by atoms with Crippen LogP contribution in [0.1, 0.15) is 37.4 Å². The standard InChI is InChI=1S/C24H22O5/c1-16-13-21(27-2)22(28-3)14-18(16)15-29-24(26)20-12-8-7-11-19(20)23(25)17-9-5-4-6-10-17/h4-14H,15H2,1-3H3. The summed E-state index contributed by atoms with van der Waals surface area (Å²) in [6, 6.07) is 19.1. The van der Waals surface area contributed by atoms with Crippen LogP contribution in [-0.4, -0.2) is 26.0 Å². The fraction of sp³-hybridized carbons (Fsp3) is 0.167. The summed E-state index contributed by atoms with van der Waals surface area (Å²) in [6.45, 7) is 1.96. The average Bonchev–Trinajstić information content (AvgIpc) is 2.77. The quantitative estimate of drug-likeness (QED) is 0.436. The van der Waals surface area contributed by atoms with Crippen molar-refractivity contribution in [1.82, 2.24) is 0 Å². The molecule has 0 unspecified atom stereocenters. The number of rotatable bonds is 7. The van der Waals surface area contributed by atoms with Gasteiger partial charge in [-0.1, -0.05) is 48.5 Å². The minimum absolute atomic E-state index is 0.0544. The fourth-order valence-electron chi connectivity index (χ4n) is 3.00. The number of methoxy groups -OCH3 is 2. The Bertz CT molecular complexity index is 1020. The third kappa shape index (κ3) is 4.46. The van der Waals surface area contributed by atoms with Crippen LogP contribution in [0, 0.1) is 6.92 Å². The van der Waals surface area contributed by atoms with E-state index >= 15 is 0 Å². The number of ether oxygens (including phenoxy) is 3. The maximum atomic E-state index is 12.8. The van der Waals surface area contributed by atoms with Crippen LogP contribution in [0.2, 0.25) is 0 Å². The molecule has 0 aromatic heterocycles. The third-order valence-corrected chi connectivity index (χ3v) is 4.63. The van der Waals surface area contributed by atoms with E-state index in [1.54, 1.807) is 68.8 Å². The molecule has 148 valence electrons. The van der Waals surface area contributed by atoms with E-state index in [4.69, 9.17) is 14.2 Å². The lowest BCUT2D eigenvalue weighted by Gasteiger charge is -2.14. The summed E-state index contributed by atoms with van der Waals surface area (Å²) in [5.74, 6) is 0.391. The first-order valence-electron chi connectivity index (χ1n) is 9.12. The summed E-state index contributed by atoms with van der Waals surface area (Å²) in [7, 11) is 3.12. The van der Waals surface area contributed by atoms with Gasteiger partial charge in [0, 0.05) is 11.1 Å². The van der Waals surface area contributed by atoms with Crippen LogP contribution in [0.3, 0.4) is 0 Å². The molecule has 3 rings (SSSR count). The van der Waals surface area contributed by atoms with Crippen molar-refractivity contribution in [3.8, 4) is 11.5 Å². The van der Waals surface area contributed by atoms with E-state index < -0.39 is 5.97 Å². The van der Waals surface area contributed by atoms with E-state index in [-0.39, 0.29) is 18.0 Å². The summed E-state index contributed by atoms with van der Waals surface area (Å²) in [4.78, 5) is 25.5. The lowest BCUT2D eigenvalue weighted by molar-refractivity contribution is 0.0469. The summed E-state index contributed by atoms with van der Waals surface area (Å²) in [6.07, 6.45) is 0. The van der Waals surface area contributed by atoms with Crippen LogP contribution in [-0.2, 0) is 11.3 Å². The number of carbonyl (C=O) groups is 2. The second kappa shape index (κ2) is 9.06. The summed E-state index contributed by atoms with van der Waals surface area (Å²) in [5.41, 5.74) is 2.77. The molecule has 0 spiro atoms. The normalized spacial score (nSPS) is 10.3. The smallest absolute Gasteiger partial charge is 0.339 e. The van der Waals surface area contributed by atoms with E-state index in [0.717, 1.165) is 11.1 Å². The van der Waals surface area contributed by atoms with Crippen molar-refractivity contribution >= 4 is 11.8 Å². The maximum Gasteiger partial charge on any atom is 0.339 e. The van der Waals surface area contributed by atoms with Crippen molar-refractivity contribution in [2.24, 2.45) is 0 Å². The van der Waals surface area contributed by atoms with Crippen molar-refractivity contribution in [3.63, 3.8) is 0 Å². The molecule has 5 nitrogen and oxygen atoms in total. The Morgan fingerprint density at radius 3 is 2.03 bits per heavy atom. The molecule has 0 aliphatic carbocycles. The van der Waals surface area contributed by atoms with Gasteiger partial charge in [0.15, 0.2) is 17.3 Å². The topological polar surface area (TPSA) is 61.8 Å². The maximum absolute atomic E-state index is 12.8. The molecule has 5 heteroatoms. The van der Waals surface area contributed by atoms with Gasteiger partial charge in [-0.15, -0.1) is 0 Å². The van der Waals surface area contributed by atoms with Gasteiger partial charge >= 0.3 is 5.97 Å². The van der Waals surface area contributed by atoms with E-state index in [9.17, 15) is 9.59 Å². The van der Waals surface area contributed by atoms with Gasteiger partial charge in [0.2, 0.25) is 0 Å². The minimum Gasteiger partial charge on any atom is -0.493 e. The molecule has 0 atom stereocenters. The molecule has 0 N–H and O–H groups in total. The summed E-state index contributed by atoms with van der Waals surface area (Å²) < 4.78 is 16.1. The molecule has 0 aliphatic rings. The van der Waals surface area contributed by atoms with E-state index in [2.05, 4.69) is 0 Å². The second-order valence-electron chi connectivity index (χ2n) is 6.45. The zero-order chi connectivity index (χ0) is 20.8. The van der Waals surface area contributed by atoms with E-state index in [1.165, 1.54) is 0 Å². The highest BCUT2D eigenvalue weighted by Crippen LogP contribution is 2.30. The van der Waals surface area contributed by atoms with E-state index in [0.29, 0.717) is 22.6 Å². The number of hydrogen-bond donors (Lipinski definition) is 0. The van der Waals surface area contributed by atoms with Crippen LogP contribution in [0.4, 0.5) is 0 Å². The Morgan fingerprint density at radius 2 is 1.38 bits per heavy atom. The number of carbonyl (C=O) groups excluding carboxylic acids is 2. The third-order valence-electron chi connectivity index (χ3n) is 4.63. The SMILES string of the molecule is COc1cc(C)c(COC(=O)c2ccccc2C(=O)c2ccccc2)cc1OC. The molecule has 0 heterocycles. The van der Waals surface area contributed by atoms with Crippen LogP contribution in [0.5, 0.6) is 11.5 Å². The molecule has 29 heavy (non-hydrogen) atoms. The van der Waals surface area contributed by atoms with Crippen molar-refractivity contribution in [2.75, 3.05) is 14.2 Å². The Balaban J connectivity index is 1.82. The number of ketones is 1. The molecule has 0 aliphatic heterocycles. The second-order valence-corrected chi connectivity index (χ2v) is 6.45. The molecule has 0 saturated heterocycles. The lowest BCUT2D eigenvalue weighted by Crippen LogP contribution is -2.13. The Morgan fingerprint density at radius 1 is 0.793 bits per heavy atom. The summed E-state index contributed by atoms with van der Waals surface area (Å²) in [5, 5.41) is 0. The molecular weight excluding hydrogens is 368 g/mol. The first-order chi connectivity index (χ1) is 14.0. The van der Waals surface area contributed by atoms with E-state index in [1.807, 2.05) is 19.1 Å². The van der Waals surface area contributed by atoms with Gasteiger partial charge in [-0.2, -0.15) is 0 Å². The molecule has 0 fully saturated rings. The van der Waals surface area contributed by atoms with Crippen LogP contribution in [0.15, 0.2) is 66.7 Å². The Kier molecular flexibility index (Phi) is 6.29. The number of hydrogen-bond acceptors (Lipinski definition) is 5. The average molecular weight is 390 g/mol. The molecule has 3 aromatic rings. The predicted molar refractivity (Wildman–Crippen MR) is 110 cm³/mol. The van der Waals surface area contributed by atoms with Gasteiger partial charge in [-0.05, 0) is 36.2 Å². The lowest BCUT2D eigenvalue weighted by atomic mass is 9.98. The molecule has 0 amide bonds. The molecule has 3 aromatic carbocycles. The predicted octanol–water partition coefficient (Wildman–Crippen LogP) is 4.60. The monoisotopic (exact) mass is 390 g/mol. The Labute approximate surface area is 169 Å². The molecule has 0 radical (unpaired) electrons. The highest BCUT2D eigenvalue weighted by molar-refractivity contribution is 6.14. The fourth-order valence-corrected chi connectivity index (χ4v) is 3.00. The zero-order valence-corrected chi connectivity index (χ0v) is 16.6. The van der Waals surface area contributed by atoms with Gasteiger partial charge in [0.25, 0.3) is 0 Å². The molecular formula is C24H22O5. The first kappa shape index (κ1) is 20.1. The first-order valence-corrected chi connectivity index (χ1v) is 9.12. The minimum atomic E-state index is -0.556. The van der Waals surface area contributed by atoms with Crippen LogP contribution < -0.4 is 9.47 Å². The van der Waals surface area contributed by atoms with Gasteiger partial charge in [0.1, 0.15) is 6.61 Å². The van der Waals surface area contributed by atoms with Crippen molar-refractivity contribution in [2.45, 2.75) is 13.5 Å². The van der Waals surface area contributed by atoms with Crippen molar-refractivity contribution < 1.29 is 23.8 Å². The molecule has 0 saturated carbocycles. The van der Waals surface area contributed by atoms with Gasteiger partial charge in [-0.25, -0.2) is 4.79 Å². The largest absolute Gasteiger partial charge is 0.493 e. The highest BCUT2D eigenvalue weighted by Gasteiger charge is 2.19.